The lowest BCUT2D eigenvalue weighted by Crippen LogP contribution is -2.38. The van der Waals surface area contributed by atoms with Gasteiger partial charge in [0.15, 0.2) is 12.4 Å². The summed E-state index contributed by atoms with van der Waals surface area (Å²) in [4.78, 5) is 22.6. The number of carbonyl (C=O) groups excluding carboxylic acids is 2. The highest BCUT2D eigenvalue weighted by molar-refractivity contribution is 6.32. The Hall–Kier alpha value is -1.59. The molecule has 1 amide bonds. The highest BCUT2D eigenvalue weighted by atomic mass is 35.5. The van der Waals surface area contributed by atoms with Crippen LogP contribution in [-0.4, -0.2) is 38.6 Å². The minimum atomic E-state index is -0.754. The number of halogens is 1. The second-order valence-electron chi connectivity index (χ2n) is 3.82. The molecule has 0 saturated heterocycles. The van der Waals surface area contributed by atoms with Gasteiger partial charge >= 0.3 is 0 Å². The fraction of sp³-hybridized carbons (Fsp3) is 0.385. The maximum Gasteiger partial charge on any atom is 0.260 e. The van der Waals surface area contributed by atoms with Crippen LogP contribution in [0.3, 0.4) is 0 Å². The molecule has 0 radical (unpaired) electrons. The normalized spacial score (nSPS) is 11.7. The van der Waals surface area contributed by atoms with Crippen LogP contribution in [0.15, 0.2) is 18.2 Å². The number of aldehydes is 1. The van der Waals surface area contributed by atoms with Crippen molar-refractivity contribution in [2.75, 3.05) is 20.3 Å². The number of hydrogen-bond acceptors (Lipinski definition) is 4. The van der Waals surface area contributed by atoms with Crippen LogP contribution >= 0.6 is 11.6 Å². The zero-order valence-corrected chi connectivity index (χ0v) is 11.6. The Morgan fingerprint density at radius 2 is 2.26 bits per heavy atom. The Morgan fingerprint density at radius 3 is 2.89 bits per heavy atom. The average Bonchev–Trinajstić information content (AvgIpc) is 2.41. The van der Waals surface area contributed by atoms with Crippen LogP contribution in [0, 0.1) is 0 Å². The quantitative estimate of drug-likeness (QED) is 0.611. The topological polar surface area (TPSA) is 64.6 Å². The van der Waals surface area contributed by atoms with Gasteiger partial charge in [-0.2, -0.15) is 0 Å². The zero-order chi connectivity index (χ0) is 14.3. The number of amides is 1. The van der Waals surface area contributed by atoms with Crippen molar-refractivity contribution in [3.8, 4) is 5.75 Å². The first-order valence-electron chi connectivity index (χ1n) is 5.77. The van der Waals surface area contributed by atoms with Crippen molar-refractivity contribution in [2.24, 2.45) is 0 Å². The fourth-order valence-corrected chi connectivity index (χ4v) is 1.62. The van der Waals surface area contributed by atoms with Gasteiger partial charge in [-0.3, -0.25) is 9.59 Å². The molecule has 19 heavy (non-hydrogen) atoms. The third-order valence-electron chi connectivity index (χ3n) is 2.39. The van der Waals surface area contributed by atoms with E-state index in [0.717, 1.165) is 0 Å². The predicted molar refractivity (Wildman–Crippen MR) is 71.8 cm³/mol. The third kappa shape index (κ3) is 4.54. The molecule has 0 aromatic heterocycles. The van der Waals surface area contributed by atoms with Gasteiger partial charge in [-0.15, -0.1) is 0 Å². The van der Waals surface area contributed by atoms with Crippen molar-refractivity contribution >= 4 is 23.8 Å². The second kappa shape index (κ2) is 7.76. The summed E-state index contributed by atoms with van der Waals surface area (Å²) in [5, 5.41) is 2.93. The standard InChI is InChI=1S/C13H16ClNO4/c1-9(13(17)15-6-7-18-2)19-12-10(8-16)4-3-5-11(12)14/h3-5,8-9H,6-7H2,1-2H3,(H,15,17). The smallest absolute Gasteiger partial charge is 0.260 e. The summed E-state index contributed by atoms with van der Waals surface area (Å²) in [6.07, 6.45) is -0.119. The van der Waals surface area contributed by atoms with Crippen molar-refractivity contribution in [1.82, 2.24) is 5.32 Å². The van der Waals surface area contributed by atoms with Gasteiger partial charge in [0, 0.05) is 13.7 Å². The second-order valence-corrected chi connectivity index (χ2v) is 4.23. The van der Waals surface area contributed by atoms with Crippen LogP contribution in [0.2, 0.25) is 5.02 Å². The molecule has 0 bridgehead atoms. The van der Waals surface area contributed by atoms with Crippen LogP contribution in [-0.2, 0) is 9.53 Å². The molecule has 1 atom stereocenters. The summed E-state index contributed by atoms with van der Waals surface area (Å²) in [6.45, 7) is 2.40. The van der Waals surface area contributed by atoms with Gasteiger partial charge in [-0.05, 0) is 19.1 Å². The number of hydrogen-bond donors (Lipinski definition) is 1. The zero-order valence-electron chi connectivity index (χ0n) is 10.8. The van der Waals surface area contributed by atoms with Crippen LogP contribution in [0.5, 0.6) is 5.75 Å². The molecule has 5 nitrogen and oxygen atoms in total. The third-order valence-corrected chi connectivity index (χ3v) is 2.69. The van der Waals surface area contributed by atoms with E-state index in [4.69, 9.17) is 21.1 Å². The van der Waals surface area contributed by atoms with E-state index in [2.05, 4.69) is 5.32 Å². The molecule has 0 aliphatic carbocycles. The molecular formula is C13H16ClNO4. The Kier molecular flexibility index (Phi) is 6.32. The molecule has 0 aliphatic rings. The molecule has 0 spiro atoms. The van der Waals surface area contributed by atoms with Crippen LogP contribution in [0.1, 0.15) is 17.3 Å². The van der Waals surface area contributed by atoms with Crippen LogP contribution in [0.4, 0.5) is 0 Å². The number of nitrogens with one attached hydrogen (secondary N) is 1. The predicted octanol–water partition coefficient (Wildman–Crippen LogP) is 1.68. The van der Waals surface area contributed by atoms with Crippen molar-refractivity contribution in [1.29, 1.82) is 0 Å². The summed E-state index contributed by atoms with van der Waals surface area (Å²) in [7, 11) is 1.55. The van der Waals surface area contributed by atoms with Crippen LogP contribution in [0.25, 0.3) is 0 Å². The maximum atomic E-state index is 11.7. The van der Waals surface area contributed by atoms with E-state index in [1.165, 1.54) is 0 Å². The van der Waals surface area contributed by atoms with Gasteiger partial charge in [-0.25, -0.2) is 0 Å². The van der Waals surface area contributed by atoms with Gasteiger partial charge in [0.05, 0.1) is 17.2 Å². The highest BCUT2D eigenvalue weighted by Gasteiger charge is 2.17. The maximum absolute atomic E-state index is 11.7. The van der Waals surface area contributed by atoms with E-state index in [0.29, 0.717) is 30.0 Å². The minimum absolute atomic E-state index is 0.216. The van der Waals surface area contributed by atoms with E-state index < -0.39 is 6.10 Å². The summed E-state index contributed by atoms with van der Waals surface area (Å²) < 4.78 is 10.3. The summed E-state index contributed by atoms with van der Waals surface area (Å²) in [5.41, 5.74) is 0.309. The highest BCUT2D eigenvalue weighted by Crippen LogP contribution is 2.28. The number of benzene rings is 1. The lowest BCUT2D eigenvalue weighted by atomic mass is 10.2. The molecule has 0 saturated carbocycles. The van der Waals surface area contributed by atoms with Crippen molar-refractivity contribution in [3.63, 3.8) is 0 Å². The molecule has 1 N–H and O–H groups in total. The van der Waals surface area contributed by atoms with Crippen molar-refractivity contribution in [3.05, 3.63) is 28.8 Å². The molecule has 104 valence electrons. The van der Waals surface area contributed by atoms with Gasteiger partial charge in [-0.1, -0.05) is 17.7 Å². The number of rotatable bonds is 7. The minimum Gasteiger partial charge on any atom is -0.479 e. The lowest BCUT2D eigenvalue weighted by Gasteiger charge is -2.16. The summed E-state index contributed by atoms with van der Waals surface area (Å²) in [5.74, 6) is -0.0811. The first-order valence-corrected chi connectivity index (χ1v) is 6.15. The number of para-hydroxylation sites is 1. The van der Waals surface area contributed by atoms with Gasteiger partial charge in [0.25, 0.3) is 5.91 Å². The van der Waals surface area contributed by atoms with E-state index in [1.807, 2.05) is 0 Å². The molecule has 1 unspecified atom stereocenters. The van der Waals surface area contributed by atoms with E-state index in [9.17, 15) is 9.59 Å². The number of ether oxygens (including phenoxy) is 2. The molecule has 0 heterocycles. The van der Waals surface area contributed by atoms with Crippen molar-refractivity contribution < 1.29 is 19.1 Å². The van der Waals surface area contributed by atoms with E-state index in [-0.39, 0.29) is 11.7 Å². The summed E-state index contributed by atoms with van der Waals surface area (Å²) >= 11 is 5.95. The van der Waals surface area contributed by atoms with Crippen LogP contribution < -0.4 is 10.1 Å². The Labute approximate surface area is 116 Å². The first-order chi connectivity index (χ1) is 9.10. The van der Waals surface area contributed by atoms with Crippen molar-refractivity contribution in [2.45, 2.75) is 13.0 Å². The molecule has 1 aromatic rings. The molecule has 6 heteroatoms. The van der Waals surface area contributed by atoms with Gasteiger partial charge in [0.1, 0.15) is 5.75 Å². The Morgan fingerprint density at radius 1 is 1.53 bits per heavy atom. The monoisotopic (exact) mass is 285 g/mol. The Balaban J connectivity index is 2.68. The molecule has 1 aromatic carbocycles. The van der Waals surface area contributed by atoms with E-state index >= 15 is 0 Å². The SMILES string of the molecule is COCCNC(=O)C(C)Oc1c(Cl)cccc1C=O. The first kappa shape index (κ1) is 15.5. The number of methoxy groups -OCH3 is 1. The van der Waals surface area contributed by atoms with E-state index in [1.54, 1.807) is 32.2 Å². The lowest BCUT2D eigenvalue weighted by molar-refractivity contribution is -0.127. The molecule has 0 aliphatic heterocycles. The summed E-state index contributed by atoms with van der Waals surface area (Å²) in [6, 6.07) is 4.81. The fourth-order valence-electron chi connectivity index (χ4n) is 1.39. The Bertz CT molecular complexity index is 450. The van der Waals surface area contributed by atoms with Gasteiger partial charge < -0.3 is 14.8 Å². The largest absolute Gasteiger partial charge is 0.479 e. The molecule has 0 fully saturated rings. The molecular weight excluding hydrogens is 270 g/mol. The van der Waals surface area contributed by atoms with Gasteiger partial charge in [0.2, 0.25) is 0 Å². The molecule has 1 rings (SSSR count). The number of carbonyl (C=O) groups is 2. The average molecular weight is 286 g/mol.